The summed E-state index contributed by atoms with van der Waals surface area (Å²) in [4.78, 5) is 23.6. The van der Waals surface area contributed by atoms with Gasteiger partial charge in [0.15, 0.2) is 0 Å². The molecule has 26 heavy (non-hydrogen) atoms. The van der Waals surface area contributed by atoms with Crippen LogP contribution in [0.5, 0.6) is 5.75 Å². The monoisotopic (exact) mass is 353 g/mol. The maximum Gasteiger partial charge on any atom is 0.344 e. The normalized spacial score (nSPS) is 11.0. The largest absolute Gasteiger partial charge is 0.493 e. The molecular weight excluding hydrogens is 330 g/mol. The van der Waals surface area contributed by atoms with Crippen LogP contribution in [0.4, 0.5) is 5.69 Å². The lowest BCUT2D eigenvalue weighted by Crippen LogP contribution is -2.07. The van der Waals surface area contributed by atoms with E-state index in [1.807, 2.05) is 18.2 Å². The highest BCUT2D eigenvalue weighted by Gasteiger charge is 2.10. The summed E-state index contributed by atoms with van der Waals surface area (Å²) in [6.07, 6.45) is 4.57. The van der Waals surface area contributed by atoms with E-state index in [0.717, 1.165) is 23.6 Å². The lowest BCUT2D eigenvalue weighted by atomic mass is 10.1. The Kier molecular flexibility index (Phi) is 5.56. The highest BCUT2D eigenvalue weighted by molar-refractivity contribution is 6.06. The number of rotatable bonds is 7. The van der Waals surface area contributed by atoms with E-state index >= 15 is 0 Å². The van der Waals surface area contributed by atoms with Crippen molar-refractivity contribution in [1.29, 1.82) is 0 Å². The van der Waals surface area contributed by atoms with Crippen molar-refractivity contribution in [1.82, 2.24) is 0 Å². The second-order valence-electron chi connectivity index (χ2n) is 6.40. The minimum atomic E-state index is -0.431. The fourth-order valence-corrected chi connectivity index (χ4v) is 3.00. The quantitative estimate of drug-likeness (QED) is 0.374. The van der Waals surface area contributed by atoms with Crippen molar-refractivity contribution < 1.29 is 13.9 Å². The van der Waals surface area contributed by atoms with Crippen LogP contribution < -0.4 is 15.7 Å². The van der Waals surface area contributed by atoms with Gasteiger partial charge in [-0.2, -0.15) is 0 Å². The number of fused-ring (bicyclic) bond motifs is 3. The average molecular weight is 353 g/mol. The fraction of sp³-hybridized carbons (Fsp3) is 0.333. The molecule has 0 unspecified atom stereocenters. The summed E-state index contributed by atoms with van der Waals surface area (Å²) in [6, 6.07) is 10.8. The van der Waals surface area contributed by atoms with E-state index in [1.54, 1.807) is 18.2 Å². The molecule has 0 saturated carbocycles. The molecule has 0 spiro atoms. The third-order valence-corrected chi connectivity index (χ3v) is 4.27. The van der Waals surface area contributed by atoms with Crippen LogP contribution in [-0.2, 0) is 4.79 Å². The van der Waals surface area contributed by atoms with Crippen molar-refractivity contribution in [2.75, 3.05) is 11.9 Å². The highest BCUT2D eigenvalue weighted by atomic mass is 16.5. The summed E-state index contributed by atoms with van der Waals surface area (Å²) in [5, 5.41) is 4.75. The number of anilines is 1. The third kappa shape index (κ3) is 4.04. The van der Waals surface area contributed by atoms with E-state index in [0.29, 0.717) is 29.0 Å². The first-order valence-corrected chi connectivity index (χ1v) is 8.99. The second-order valence-corrected chi connectivity index (χ2v) is 6.40. The summed E-state index contributed by atoms with van der Waals surface area (Å²) < 4.78 is 11.2. The summed E-state index contributed by atoms with van der Waals surface area (Å²) in [5.74, 6) is 0.515. The van der Waals surface area contributed by atoms with E-state index in [1.165, 1.54) is 19.8 Å². The minimum Gasteiger partial charge on any atom is -0.493 e. The van der Waals surface area contributed by atoms with E-state index in [4.69, 9.17) is 9.15 Å². The molecule has 1 N–H and O–H groups in total. The maximum absolute atomic E-state index is 12.4. The van der Waals surface area contributed by atoms with Crippen LogP contribution in [0, 0.1) is 0 Å². The third-order valence-electron chi connectivity index (χ3n) is 4.27. The van der Waals surface area contributed by atoms with E-state index in [2.05, 4.69) is 12.2 Å². The molecule has 3 rings (SSSR count). The molecule has 5 heteroatoms. The zero-order valence-corrected chi connectivity index (χ0v) is 15.1. The number of ether oxygens (including phenoxy) is 1. The Hall–Kier alpha value is -2.82. The number of benzene rings is 2. The van der Waals surface area contributed by atoms with Crippen molar-refractivity contribution in [3.8, 4) is 5.75 Å². The van der Waals surface area contributed by atoms with Gasteiger partial charge < -0.3 is 14.5 Å². The first kappa shape index (κ1) is 18.0. The number of amides is 1. The maximum atomic E-state index is 12.4. The van der Waals surface area contributed by atoms with Gasteiger partial charge in [-0.05, 0) is 30.7 Å². The lowest BCUT2D eigenvalue weighted by molar-refractivity contribution is -0.114. The molecule has 1 aromatic heterocycles. The zero-order chi connectivity index (χ0) is 18.5. The smallest absolute Gasteiger partial charge is 0.344 e. The summed E-state index contributed by atoms with van der Waals surface area (Å²) in [6.45, 7) is 4.26. The second kappa shape index (κ2) is 8.04. The number of unbranched alkanes of at least 4 members (excludes halogenated alkanes) is 3. The SMILES string of the molecule is CCCCCCOc1ccc2c(c1)oc(=O)c1cc(NC(C)=O)ccc12. The Balaban J connectivity index is 1.90. The van der Waals surface area contributed by atoms with Gasteiger partial charge in [0, 0.05) is 29.4 Å². The van der Waals surface area contributed by atoms with Crippen LogP contribution in [0.25, 0.3) is 21.7 Å². The Morgan fingerprint density at radius 2 is 1.85 bits per heavy atom. The first-order chi connectivity index (χ1) is 12.6. The molecule has 0 aliphatic rings. The molecule has 136 valence electrons. The van der Waals surface area contributed by atoms with Gasteiger partial charge in [0.05, 0.1) is 12.0 Å². The molecule has 0 atom stereocenters. The Bertz CT molecular complexity index is 990. The Morgan fingerprint density at radius 3 is 2.62 bits per heavy atom. The first-order valence-electron chi connectivity index (χ1n) is 8.99. The Morgan fingerprint density at radius 1 is 1.04 bits per heavy atom. The molecule has 0 fully saturated rings. The number of carbonyl (C=O) groups excluding carboxylic acids is 1. The zero-order valence-electron chi connectivity index (χ0n) is 15.1. The van der Waals surface area contributed by atoms with Gasteiger partial charge in [-0.25, -0.2) is 4.79 Å². The fourth-order valence-electron chi connectivity index (χ4n) is 3.00. The van der Waals surface area contributed by atoms with Gasteiger partial charge in [0.1, 0.15) is 11.3 Å². The van der Waals surface area contributed by atoms with Crippen LogP contribution in [0.2, 0.25) is 0 Å². The molecule has 0 aliphatic carbocycles. The molecule has 1 heterocycles. The van der Waals surface area contributed by atoms with Gasteiger partial charge >= 0.3 is 5.63 Å². The van der Waals surface area contributed by atoms with Crippen LogP contribution in [0.3, 0.4) is 0 Å². The molecule has 2 aromatic carbocycles. The van der Waals surface area contributed by atoms with Crippen LogP contribution in [0.1, 0.15) is 39.5 Å². The molecule has 0 aliphatic heterocycles. The van der Waals surface area contributed by atoms with Crippen molar-refractivity contribution in [3.63, 3.8) is 0 Å². The molecular formula is C21H23NO4. The van der Waals surface area contributed by atoms with Crippen LogP contribution >= 0.6 is 0 Å². The summed E-state index contributed by atoms with van der Waals surface area (Å²) in [5.41, 5.74) is 0.643. The summed E-state index contributed by atoms with van der Waals surface area (Å²) >= 11 is 0. The predicted molar refractivity (Wildman–Crippen MR) is 104 cm³/mol. The number of carbonyl (C=O) groups is 1. The molecule has 5 nitrogen and oxygen atoms in total. The Labute approximate surface area is 152 Å². The lowest BCUT2D eigenvalue weighted by Gasteiger charge is -2.09. The number of hydrogen-bond acceptors (Lipinski definition) is 4. The highest BCUT2D eigenvalue weighted by Crippen LogP contribution is 2.28. The number of hydrogen-bond donors (Lipinski definition) is 1. The minimum absolute atomic E-state index is 0.185. The summed E-state index contributed by atoms with van der Waals surface area (Å²) in [7, 11) is 0. The van der Waals surface area contributed by atoms with Gasteiger partial charge in [-0.15, -0.1) is 0 Å². The molecule has 0 saturated heterocycles. The van der Waals surface area contributed by atoms with E-state index < -0.39 is 5.63 Å². The van der Waals surface area contributed by atoms with Gasteiger partial charge in [0.2, 0.25) is 5.91 Å². The molecule has 0 bridgehead atoms. The van der Waals surface area contributed by atoms with Crippen molar-refractivity contribution in [3.05, 3.63) is 46.8 Å². The average Bonchev–Trinajstić information content (AvgIpc) is 2.61. The van der Waals surface area contributed by atoms with E-state index in [9.17, 15) is 9.59 Å². The molecule has 1 amide bonds. The van der Waals surface area contributed by atoms with Crippen molar-refractivity contribution >= 4 is 33.3 Å². The topological polar surface area (TPSA) is 68.5 Å². The van der Waals surface area contributed by atoms with Crippen LogP contribution in [-0.4, -0.2) is 12.5 Å². The van der Waals surface area contributed by atoms with Gasteiger partial charge in [0.25, 0.3) is 0 Å². The van der Waals surface area contributed by atoms with E-state index in [-0.39, 0.29) is 5.91 Å². The van der Waals surface area contributed by atoms with Crippen LogP contribution in [0.15, 0.2) is 45.6 Å². The van der Waals surface area contributed by atoms with Gasteiger partial charge in [-0.3, -0.25) is 4.79 Å². The molecule has 0 radical (unpaired) electrons. The number of nitrogens with one attached hydrogen (secondary N) is 1. The standard InChI is InChI=1S/C21H23NO4/c1-3-4-5-6-11-25-16-8-10-18-17-9-7-15(22-14(2)23)12-19(17)21(24)26-20(18)13-16/h7-10,12-13H,3-6,11H2,1-2H3,(H,22,23). The van der Waals surface area contributed by atoms with Gasteiger partial charge in [-0.1, -0.05) is 32.3 Å². The van der Waals surface area contributed by atoms with Crippen molar-refractivity contribution in [2.24, 2.45) is 0 Å². The molecule has 3 aromatic rings. The van der Waals surface area contributed by atoms with Crippen molar-refractivity contribution in [2.45, 2.75) is 39.5 Å². The predicted octanol–water partition coefficient (Wildman–Crippen LogP) is 4.86.